The maximum atomic E-state index is 12.7. The molecule has 7 nitrogen and oxygen atoms in total. The number of aromatic amines is 1. The van der Waals surface area contributed by atoms with E-state index >= 15 is 0 Å². The largest absolute Gasteiger partial charge is 0.329 e. The molecule has 1 aliphatic heterocycles. The summed E-state index contributed by atoms with van der Waals surface area (Å²) in [4.78, 5) is 14.5. The van der Waals surface area contributed by atoms with Crippen LogP contribution in [0.15, 0.2) is 42.7 Å². The van der Waals surface area contributed by atoms with Crippen molar-refractivity contribution in [2.45, 2.75) is 25.9 Å². The first kappa shape index (κ1) is 14.6. The number of H-pyrrole nitrogens is 1. The maximum absolute atomic E-state index is 12.7. The molecule has 0 bridgehead atoms. The number of carbonyl (C=O) groups excluding carboxylic acids is 1. The zero-order valence-corrected chi connectivity index (χ0v) is 13.4. The number of benzene rings is 1. The topological polar surface area (TPSA) is 79.7 Å². The second kappa shape index (κ2) is 5.92. The number of amides is 1. The summed E-state index contributed by atoms with van der Waals surface area (Å²) in [7, 11) is 0. The summed E-state index contributed by atoms with van der Waals surface area (Å²) < 4.78 is 2.16. The van der Waals surface area contributed by atoms with Gasteiger partial charge < -0.3 is 9.47 Å². The van der Waals surface area contributed by atoms with Crippen LogP contribution in [0.5, 0.6) is 0 Å². The standard InChI is InChI=1S/C17H18N6O/c1-12-20-21-16-11-22(17(24)14-8-18-19-9-14)10-15(23(12)16)7-13-5-3-2-4-6-13/h2-6,8-9,15H,7,10-11H2,1H3,(H,18,19)/t15-/m1/s1. The summed E-state index contributed by atoms with van der Waals surface area (Å²) in [6.07, 6.45) is 4.01. The molecule has 1 N–H and O–H groups in total. The maximum Gasteiger partial charge on any atom is 0.257 e. The Morgan fingerprint density at radius 1 is 1.29 bits per heavy atom. The van der Waals surface area contributed by atoms with Crippen LogP contribution in [0.4, 0.5) is 0 Å². The van der Waals surface area contributed by atoms with Gasteiger partial charge in [-0.2, -0.15) is 5.10 Å². The van der Waals surface area contributed by atoms with Gasteiger partial charge in [-0.25, -0.2) is 0 Å². The molecule has 1 aliphatic rings. The monoisotopic (exact) mass is 322 g/mol. The van der Waals surface area contributed by atoms with E-state index in [1.54, 1.807) is 12.4 Å². The number of hydrogen-bond acceptors (Lipinski definition) is 4. The Labute approximate surface area is 139 Å². The molecule has 0 spiro atoms. The van der Waals surface area contributed by atoms with Gasteiger partial charge in [0, 0.05) is 12.7 Å². The molecule has 0 radical (unpaired) electrons. The SMILES string of the molecule is Cc1nnc2n1[C@H](Cc1ccccc1)CN(C(=O)c1cn[nH]c1)C2. The minimum Gasteiger partial charge on any atom is -0.329 e. The molecular formula is C17H18N6O. The fourth-order valence-electron chi connectivity index (χ4n) is 3.31. The van der Waals surface area contributed by atoms with Crippen molar-refractivity contribution in [2.24, 2.45) is 0 Å². The predicted molar refractivity (Wildman–Crippen MR) is 87.3 cm³/mol. The van der Waals surface area contributed by atoms with E-state index in [1.165, 1.54) is 5.56 Å². The number of nitrogens with one attached hydrogen (secondary N) is 1. The van der Waals surface area contributed by atoms with Crippen molar-refractivity contribution < 1.29 is 4.79 Å². The van der Waals surface area contributed by atoms with Crippen molar-refractivity contribution >= 4 is 5.91 Å². The molecule has 2 aromatic heterocycles. The first-order valence-corrected chi connectivity index (χ1v) is 7.94. The summed E-state index contributed by atoms with van der Waals surface area (Å²) in [6.45, 7) is 3.06. The van der Waals surface area contributed by atoms with E-state index in [4.69, 9.17) is 0 Å². The average molecular weight is 322 g/mol. The number of carbonyl (C=O) groups is 1. The molecule has 0 saturated heterocycles. The van der Waals surface area contributed by atoms with Crippen LogP contribution in [0.3, 0.4) is 0 Å². The fourth-order valence-corrected chi connectivity index (χ4v) is 3.31. The Hall–Kier alpha value is -2.96. The Morgan fingerprint density at radius 2 is 2.12 bits per heavy atom. The summed E-state index contributed by atoms with van der Waals surface area (Å²) in [6, 6.07) is 10.4. The zero-order valence-electron chi connectivity index (χ0n) is 13.4. The molecule has 1 aromatic carbocycles. The lowest BCUT2D eigenvalue weighted by Gasteiger charge is -2.34. The van der Waals surface area contributed by atoms with Crippen molar-refractivity contribution in [1.29, 1.82) is 0 Å². The van der Waals surface area contributed by atoms with Crippen molar-refractivity contribution in [2.75, 3.05) is 6.54 Å². The summed E-state index contributed by atoms with van der Waals surface area (Å²) >= 11 is 0. The van der Waals surface area contributed by atoms with Gasteiger partial charge in [-0.05, 0) is 18.9 Å². The number of rotatable bonds is 3. The van der Waals surface area contributed by atoms with E-state index in [1.807, 2.05) is 30.0 Å². The van der Waals surface area contributed by atoms with Gasteiger partial charge in [0.15, 0.2) is 5.82 Å². The molecule has 7 heteroatoms. The Kier molecular flexibility index (Phi) is 3.60. The van der Waals surface area contributed by atoms with Crippen LogP contribution in [0.1, 0.15) is 33.6 Å². The van der Waals surface area contributed by atoms with E-state index in [0.29, 0.717) is 18.7 Å². The van der Waals surface area contributed by atoms with Crippen molar-refractivity contribution in [3.05, 3.63) is 65.5 Å². The number of nitrogens with zero attached hydrogens (tertiary/aromatic N) is 5. The molecule has 122 valence electrons. The van der Waals surface area contributed by atoms with Gasteiger partial charge in [0.1, 0.15) is 5.82 Å². The molecule has 3 aromatic rings. The fraction of sp³-hybridized carbons (Fsp3) is 0.294. The highest BCUT2D eigenvalue weighted by molar-refractivity contribution is 5.93. The van der Waals surface area contributed by atoms with Crippen LogP contribution >= 0.6 is 0 Å². The minimum absolute atomic E-state index is 0.0336. The Bertz CT molecular complexity index is 839. The van der Waals surface area contributed by atoms with Crippen molar-refractivity contribution in [3.8, 4) is 0 Å². The van der Waals surface area contributed by atoms with Gasteiger partial charge in [0.25, 0.3) is 5.91 Å². The smallest absolute Gasteiger partial charge is 0.257 e. The molecule has 3 heterocycles. The predicted octanol–water partition coefficient (Wildman–Crippen LogP) is 1.75. The summed E-state index contributed by atoms with van der Waals surface area (Å²) in [5, 5.41) is 15.0. The van der Waals surface area contributed by atoms with E-state index in [0.717, 1.165) is 18.1 Å². The zero-order chi connectivity index (χ0) is 16.5. The Morgan fingerprint density at radius 3 is 2.88 bits per heavy atom. The summed E-state index contributed by atoms with van der Waals surface area (Å²) in [5.74, 6) is 1.69. The molecule has 1 atom stereocenters. The van der Waals surface area contributed by atoms with Crippen LogP contribution in [-0.2, 0) is 13.0 Å². The molecule has 0 unspecified atom stereocenters. The number of aryl methyl sites for hydroxylation is 1. The molecule has 0 saturated carbocycles. The molecular weight excluding hydrogens is 304 g/mol. The normalized spacial score (nSPS) is 16.9. The van der Waals surface area contributed by atoms with Gasteiger partial charge in [0.2, 0.25) is 0 Å². The van der Waals surface area contributed by atoms with Gasteiger partial charge in [0.05, 0.1) is 24.3 Å². The van der Waals surface area contributed by atoms with Crippen LogP contribution in [0, 0.1) is 6.92 Å². The van der Waals surface area contributed by atoms with Gasteiger partial charge in [-0.15, -0.1) is 10.2 Å². The molecule has 24 heavy (non-hydrogen) atoms. The number of fused-ring (bicyclic) bond motifs is 1. The average Bonchev–Trinajstić information content (AvgIpc) is 3.25. The third-order valence-electron chi connectivity index (χ3n) is 4.41. The highest BCUT2D eigenvalue weighted by Crippen LogP contribution is 2.26. The lowest BCUT2D eigenvalue weighted by molar-refractivity contribution is 0.0672. The lowest BCUT2D eigenvalue weighted by atomic mass is 10.0. The van der Waals surface area contributed by atoms with Crippen LogP contribution < -0.4 is 0 Å². The number of hydrogen-bond donors (Lipinski definition) is 1. The highest BCUT2D eigenvalue weighted by Gasteiger charge is 2.31. The first-order chi connectivity index (χ1) is 11.7. The van der Waals surface area contributed by atoms with E-state index in [-0.39, 0.29) is 11.9 Å². The van der Waals surface area contributed by atoms with E-state index in [9.17, 15) is 4.79 Å². The molecule has 0 aliphatic carbocycles. The number of aromatic nitrogens is 5. The van der Waals surface area contributed by atoms with Gasteiger partial charge >= 0.3 is 0 Å². The summed E-state index contributed by atoms with van der Waals surface area (Å²) in [5.41, 5.74) is 1.80. The third kappa shape index (κ3) is 2.58. The van der Waals surface area contributed by atoms with Crippen LogP contribution in [0.2, 0.25) is 0 Å². The lowest BCUT2D eigenvalue weighted by Crippen LogP contribution is -2.42. The van der Waals surface area contributed by atoms with E-state index in [2.05, 4.69) is 37.1 Å². The molecule has 4 rings (SSSR count). The first-order valence-electron chi connectivity index (χ1n) is 7.94. The second-order valence-corrected chi connectivity index (χ2v) is 6.05. The minimum atomic E-state index is -0.0336. The van der Waals surface area contributed by atoms with Crippen molar-refractivity contribution in [1.82, 2.24) is 29.9 Å². The van der Waals surface area contributed by atoms with Crippen LogP contribution in [-0.4, -0.2) is 42.3 Å². The second-order valence-electron chi connectivity index (χ2n) is 6.05. The third-order valence-corrected chi connectivity index (χ3v) is 4.41. The van der Waals surface area contributed by atoms with Crippen LogP contribution in [0.25, 0.3) is 0 Å². The quantitative estimate of drug-likeness (QED) is 0.797. The van der Waals surface area contributed by atoms with Gasteiger partial charge in [-0.3, -0.25) is 9.89 Å². The van der Waals surface area contributed by atoms with Gasteiger partial charge in [-0.1, -0.05) is 30.3 Å². The Balaban J connectivity index is 1.64. The molecule has 1 amide bonds. The van der Waals surface area contributed by atoms with E-state index < -0.39 is 0 Å². The highest BCUT2D eigenvalue weighted by atomic mass is 16.2. The van der Waals surface area contributed by atoms with Crippen molar-refractivity contribution in [3.63, 3.8) is 0 Å². The molecule has 0 fully saturated rings.